The van der Waals surface area contributed by atoms with Crippen LogP contribution in [0, 0.1) is 0 Å². The average Bonchev–Trinajstić information content (AvgIpc) is 2.15. The Labute approximate surface area is 61.9 Å². The SMILES string of the molecule is CC(=O)Oc1sccc1O. The highest BCUT2D eigenvalue weighted by atomic mass is 32.1. The molecule has 0 saturated carbocycles. The lowest BCUT2D eigenvalue weighted by atomic mass is 10.6. The van der Waals surface area contributed by atoms with E-state index in [-0.39, 0.29) is 10.8 Å². The summed E-state index contributed by atoms with van der Waals surface area (Å²) in [4.78, 5) is 10.3. The number of thiophene rings is 1. The number of esters is 1. The van der Waals surface area contributed by atoms with Crippen molar-refractivity contribution in [2.45, 2.75) is 6.92 Å². The van der Waals surface area contributed by atoms with E-state index in [0.717, 1.165) is 0 Å². The van der Waals surface area contributed by atoms with Gasteiger partial charge in [0.1, 0.15) is 0 Å². The smallest absolute Gasteiger partial charge is 0.308 e. The first-order valence-electron chi connectivity index (χ1n) is 2.65. The maximum Gasteiger partial charge on any atom is 0.308 e. The lowest BCUT2D eigenvalue weighted by molar-refractivity contribution is -0.131. The number of aromatic hydroxyl groups is 1. The average molecular weight is 158 g/mol. The van der Waals surface area contributed by atoms with Gasteiger partial charge in [0.2, 0.25) is 5.06 Å². The van der Waals surface area contributed by atoms with Crippen molar-refractivity contribution in [3.05, 3.63) is 11.4 Å². The van der Waals surface area contributed by atoms with Crippen molar-refractivity contribution in [2.75, 3.05) is 0 Å². The molecule has 1 heterocycles. The molecule has 1 aromatic heterocycles. The fraction of sp³-hybridized carbons (Fsp3) is 0.167. The Balaban J connectivity index is 2.74. The first-order chi connectivity index (χ1) is 4.70. The maximum atomic E-state index is 10.3. The van der Waals surface area contributed by atoms with Gasteiger partial charge in [-0.1, -0.05) is 0 Å². The third-order valence-electron chi connectivity index (χ3n) is 0.847. The van der Waals surface area contributed by atoms with Crippen LogP contribution in [-0.4, -0.2) is 11.1 Å². The molecule has 1 rings (SSSR count). The van der Waals surface area contributed by atoms with E-state index in [4.69, 9.17) is 5.11 Å². The van der Waals surface area contributed by atoms with E-state index in [9.17, 15) is 4.79 Å². The molecule has 0 saturated heterocycles. The van der Waals surface area contributed by atoms with Gasteiger partial charge in [-0.05, 0) is 11.4 Å². The van der Waals surface area contributed by atoms with Crippen LogP contribution in [0.2, 0.25) is 0 Å². The Bertz CT molecular complexity index is 241. The van der Waals surface area contributed by atoms with Crippen LogP contribution in [0.25, 0.3) is 0 Å². The zero-order valence-corrected chi connectivity index (χ0v) is 6.14. The molecule has 0 aliphatic rings. The summed E-state index contributed by atoms with van der Waals surface area (Å²) in [5.41, 5.74) is 0. The summed E-state index contributed by atoms with van der Waals surface area (Å²) < 4.78 is 4.61. The molecule has 0 unspecified atom stereocenters. The molecule has 0 fully saturated rings. The van der Waals surface area contributed by atoms with Crippen LogP contribution in [0.15, 0.2) is 11.4 Å². The molecule has 4 heteroatoms. The number of hydrogen-bond donors (Lipinski definition) is 1. The van der Waals surface area contributed by atoms with E-state index >= 15 is 0 Å². The van der Waals surface area contributed by atoms with Gasteiger partial charge in [-0.3, -0.25) is 4.79 Å². The topological polar surface area (TPSA) is 46.5 Å². The molecule has 1 N–H and O–H groups in total. The van der Waals surface area contributed by atoms with Gasteiger partial charge in [0.05, 0.1) is 0 Å². The minimum atomic E-state index is -0.419. The number of rotatable bonds is 1. The summed E-state index contributed by atoms with van der Waals surface area (Å²) in [7, 11) is 0. The Morgan fingerprint density at radius 1 is 1.80 bits per heavy atom. The highest BCUT2D eigenvalue weighted by molar-refractivity contribution is 7.12. The number of carbonyl (C=O) groups excluding carboxylic acids is 1. The molecule has 54 valence electrons. The van der Waals surface area contributed by atoms with Crippen molar-refractivity contribution in [2.24, 2.45) is 0 Å². The van der Waals surface area contributed by atoms with Crippen molar-refractivity contribution >= 4 is 17.3 Å². The van der Waals surface area contributed by atoms with Crippen molar-refractivity contribution in [1.29, 1.82) is 0 Å². The summed E-state index contributed by atoms with van der Waals surface area (Å²) in [6, 6.07) is 1.48. The molecule has 0 amide bonds. The molecule has 0 aliphatic heterocycles. The molecule has 3 nitrogen and oxygen atoms in total. The molecule has 0 spiro atoms. The summed E-state index contributed by atoms with van der Waals surface area (Å²) >= 11 is 1.18. The molecule has 0 aromatic carbocycles. The Kier molecular flexibility index (Phi) is 1.91. The monoisotopic (exact) mass is 158 g/mol. The standard InChI is InChI=1S/C6H6O3S/c1-4(7)9-6-5(8)2-3-10-6/h2-3,8H,1H3. The predicted molar refractivity (Wildman–Crippen MR) is 37.3 cm³/mol. The van der Waals surface area contributed by atoms with Crippen LogP contribution in [0.3, 0.4) is 0 Å². The highest BCUT2D eigenvalue weighted by Gasteiger charge is 2.04. The third kappa shape index (κ3) is 1.48. The number of hydrogen-bond acceptors (Lipinski definition) is 4. The molecule has 0 bridgehead atoms. The van der Waals surface area contributed by atoms with Crippen LogP contribution < -0.4 is 4.74 Å². The Morgan fingerprint density at radius 2 is 2.50 bits per heavy atom. The van der Waals surface area contributed by atoms with E-state index in [2.05, 4.69) is 4.74 Å². The summed E-state index contributed by atoms with van der Waals surface area (Å²) in [6.07, 6.45) is 0. The normalized spacial score (nSPS) is 9.30. The van der Waals surface area contributed by atoms with E-state index in [1.807, 2.05) is 0 Å². The fourth-order valence-electron chi connectivity index (χ4n) is 0.496. The molecule has 0 atom stereocenters. The van der Waals surface area contributed by atoms with Crippen LogP contribution in [-0.2, 0) is 4.79 Å². The molecule has 0 radical (unpaired) electrons. The van der Waals surface area contributed by atoms with Crippen LogP contribution in [0.1, 0.15) is 6.92 Å². The van der Waals surface area contributed by atoms with Gasteiger partial charge in [0.15, 0.2) is 5.75 Å². The third-order valence-corrected chi connectivity index (χ3v) is 1.63. The first kappa shape index (κ1) is 7.08. The summed E-state index contributed by atoms with van der Waals surface area (Å²) in [6.45, 7) is 1.29. The van der Waals surface area contributed by atoms with Gasteiger partial charge >= 0.3 is 5.97 Å². The summed E-state index contributed by atoms with van der Waals surface area (Å²) in [5, 5.41) is 10.8. The summed E-state index contributed by atoms with van der Waals surface area (Å²) in [5.74, 6) is -0.405. The fourth-order valence-corrected chi connectivity index (χ4v) is 1.17. The predicted octanol–water partition coefficient (Wildman–Crippen LogP) is 1.38. The zero-order valence-electron chi connectivity index (χ0n) is 5.33. The largest absolute Gasteiger partial charge is 0.504 e. The van der Waals surface area contributed by atoms with Crippen molar-refractivity contribution in [1.82, 2.24) is 0 Å². The Morgan fingerprint density at radius 3 is 2.90 bits per heavy atom. The van der Waals surface area contributed by atoms with Crippen molar-refractivity contribution in [3.8, 4) is 10.8 Å². The zero-order chi connectivity index (χ0) is 7.56. The van der Waals surface area contributed by atoms with Crippen LogP contribution in [0.5, 0.6) is 10.8 Å². The molecular formula is C6H6O3S. The first-order valence-corrected chi connectivity index (χ1v) is 3.53. The van der Waals surface area contributed by atoms with E-state index in [1.54, 1.807) is 5.38 Å². The lowest BCUT2D eigenvalue weighted by Gasteiger charge is -1.94. The minimum Gasteiger partial charge on any atom is -0.504 e. The number of ether oxygens (including phenoxy) is 1. The van der Waals surface area contributed by atoms with Gasteiger partial charge in [-0.2, -0.15) is 0 Å². The van der Waals surface area contributed by atoms with Crippen LogP contribution in [0.4, 0.5) is 0 Å². The highest BCUT2D eigenvalue weighted by Crippen LogP contribution is 2.31. The lowest BCUT2D eigenvalue weighted by Crippen LogP contribution is -1.99. The van der Waals surface area contributed by atoms with Crippen molar-refractivity contribution in [3.63, 3.8) is 0 Å². The quantitative estimate of drug-likeness (QED) is 0.628. The second-order valence-electron chi connectivity index (χ2n) is 1.69. The second-order valence-corrected chi connectivity index (χ2v) is 2.57. The van der Waals surface area contributed by atoms with E-state index < -0.39 is 5.97 Å². The molecule has 1 aromatic rings. The van der Waals surface area contributed by atoms with Crippen molar-refractivity contribution < 1.29 is 14.6 Å². The van der Waals surface area contributed by atoms with E-state index in [0.29, 0.717) is 0 Å². The molecular weight excluding hydrogens is 152 g/mol. The Hall–Kier alpha value is -1.03. The molecule has 0 aliphatic carbocycles. The van der Waals surface area contributed by atoms with Gasteiger partial charge in [0.25, 0.3) is 0 Å². The van der Waals surface area contributed by atoms with Gasteiger partial charge < -0.3 is 9.84 Å². The number of carbonyl (C=O) groups is 1. The second kappa shape index (κ2) is 2.70. The van der Waals surface area contributed by atoms with E-state index in [1.165, 1.54) is 24.3 Å². The minimum absolute atomic E-state index is 0.0141. The van der Waals surface area contributed by atoms with Gasteiger partial charge in [0, 0.05) is 6.92 Å². The van der Waals surface area contributed by atoms with Gasteiger partial charge in [-0.25, -0.2) is 0 Å². The molecule has 10 heavy (non-hydrogen) atoms. The van der Waals surface area contributed by atoms with Gasteiger partial charge in [-0.15, -0.1) is 11.3 Å². The maximum absolute atomic E-state index is 10.3. The van der Waals surface area contributed by atoms with Crippen LogP contribution >= 0.6 is 11.3 Å².